The molecule has 2 heterocycles. The van der Waals surface area contributed by atoms with Crippen LogP contribution in [-0.2, 0) is 6.54 Å². The maximum atomic E-state index is 4.89. The normalized spacial score (nSPS) is 15.9. The lowest BCUT2D eigenvalue weighted by Gasteiger charge is -2.29. The fourth-order valence-electron chi connectivity index (χ4n) is 4.59. The van der Waals surface area contributed by atoms with Gasteiger partial charge in [0, 0.05) is 35.4 Å². The highest BCUT2D eigenvalue weighted by Gasteiger charge is 2.15. The van der Waals surface area contributed by atoms with Crippen molar-refractivity contribution in [3.63, 3.8) is 0 Å². The Morgan fingerprint density at radius 3 is 2.56 bits per heavy atom. The molecule has 0 aliphatic carbocycles. The summed E-state index contributed by atoms with van der Waals surface area (Å²) in [6, 6.07) is 21.5. The van der Waals surface area contributed by atoms with Gasteiger partial charge in [0.2, 0.25) is 11.2 Å². The quantitative estimate of drug-likeness (QED) is 0.268. The molecule has 0 spiro atoms. The van der Waals surface area contributed by atoms with Crippen LogP contribution >= 0.6 is 0 Å². The molecule has 1 unspecified atom stereocenters. The fraction of sp³-hybridized carbons (Fsp3) is 0.290. The van der Waals surface area contributed by atoms with Crippen molar-refractivity contribution in [3.05, 3.63) is 101 Å². The first-order chi connectivity index (χ1) is 16.7. The van der Waals surface area contributed by atoms with Gasteiger partial charge in [0.15, 0.2) is 0 Å². The lowest BCUT2D eigenvalue weighted by atomic mass is 9.97. The highest BCUT2D eigenvalue weighted by molar-refractivity contribution is 5.81. The number of para-hydroxylation sites is 2. The lowest BCUT2D eigenvalue weighted by Crippen LogP contribution is -2.38. The third kappa shape index (κ3) is 5.04. The minimum atomic E-state index is 0.485. The first kappa shape index (κ1) is 23.7. The van der Waals surface area contributed by atoms with Crippen LogP contribution in [0.3, 0.4) is 0 Å². The van der Waals surface area contributed by atoms with E-state index in [-0.39, 0.29) is 0 Å². The first-order valence-electron chi connectivity index (χ1n) is 12.5. The van der Waals surface area contributed by atoms with E-state index in [9.17, 15) is 0 Å². The number of hydrogen-bond acceptors (Lipinski definition) is 2. The van der Waals surface area contributed by atoms with Crippen LogP contribution in [-0.4, -0.2) is 19.3 Å². The Labute approximate surface area is 204 Å². The van der Waals surface area contributed by atoms with Gasteiger partial charge in [-0.25, -0.2) is 0 Å². The number of anilines is 1. The van der Waals surface area contributed by atoms with Gasteiger partial charge in [-0.3, -0.25) is 4.99 Å². The zero-order chi connectivity index (χ0) is 23.9. The number of rotatable bonds is 8. The number of aryl methyl sites for hydroxylation is 1. The van der Waals surface area contributed by atoms with Crippen molar-refractivity contribution in [3.8, 4) is 0 Å². The monoisotopic (exact) mass is 450 g/mol. The molecule has 3 heteroatoms. The van der Waals surface area contributed by atoms with Gasteiger partial charge in [0.05, 0.1) is 12.8 Å². The fourth-order valence-corrected chi connectivity index (χ4v) is 4.59. The molecule has 174 valence electrons. The number of aliphatic imine (C=N–C) groups is 1. The van der Waals surface area contributed by atoms with Crippen molar-refractivity contribution in [2.45, 2.75) is 40.7 Å². The minimum Gasteiger partial charge on any atom is -0.341 e. The Morgan fingerprint density at radius 1 is 0.971 bits per heavy atom. The summed E-state index contributed by atoms with van der Waals surface area (Å²) in [7, 11) is 0. The molecule has 34 heavy (non-hydrogen) atoms. The number of benzene rings is 2. The van der Waals surface area contributed by atoms with Crippen LogP contribution in [0.5, 0.6) is 0 Å². The molecule has 1 aliphatic heterocycles. The Hall–Kier alpha value is -3.46. The Kier molecular flexibility index (Phi) is 7.74. The van der Waals surface area contributed by atoms with E-state index in [4.69, 9.17) is 4.99 Å². The van der Waals surface area contributed by atoms with Crippen molar-refractivity contribution in [1.82, 2.24) is 0 Å². The minimum absolute atomic E-state index is 0.485. The maximum absolute atomic E-state index is 4.89. The third-order valence-electron chi connectivity index (χ3n) is 6.79. The zero-order valence-corrected chi connectivity index (χ0v) is 20.9. The molecular formula is C31H36N3+. The molecule has 0 bridgehead atoms. The van der Waals surface area contributed by atoms with Gasteiger partial charge in [0.1, 0.15) is 6.54 Å². The van der Waals surface area contributed by atoms with Crippen LogP contribution in [0.15, 0.2) is 95.2 Å². The molecule has 0 N–H and O–H groups in total. The van der Waals surface area contributed by atoms with Crippen LogP contribution in [0, 0.1) is 5.92 Å². The van der Waals surface area contributed by atoms with E-state index in [0.717, 1.165) is 25.2 Å². The van der Waals surface area contributed by atoms with Crippen LogP contribution < -0.4 is 9.47 Å². The van der Waals surface area contributed by atoms with Gasteiger partial charge in [-0.2, -0.15) is 4.57 Å². The van der Waals surface area contributed by atoms with Crippen molar-refractivity contribution >= 4 is 28.9 Å². The number of pyridine rings is 1. The van der Waals surface area contributed by atoms with Gasteiger partial charge in [0.25, 0.3) is 0 Å². The van der Waals surface area contributed by atoms with Gasteiger partial charge in [-0.1, -0.05) is 56.3 Å². The number of fused-ring (bicyclic) bond motifs is 2. The summed E-state index contributed by atoms with van der Waals surface area (Å²) in [5.74, 6) is 0.485. The molecule has 1 aliphatic rings. The van der Waals surface area contributed by atoms with Gasteiger partial charge < -0.3 is 4.90 Å². The van der Waals surface area contributed by atoms with Crippen LogP contribution in [0.4, 0.5) is 5.69 Å². The Bertz CT molecular complexity index is 1260. The average molecular weight is 451 g/mol. The van der Waals surface area contributed by atoms with Crippen molar-refractivity contribution < 1.29 is 4.57 Å². The number of allylic oxidation sites excluding steroid dienone is 3. The molecule has 3 aromatic rings. The lowest BCUT2D eigenvalue weighted by molar-refractivity contribution is -0.668. The number of nitrogens with zero attached hydrogens (tertiary/aromatic N) is 3. The second kappa shape index (κ2) is 11.1. The third-order valence-corrected chi connectivity index (χ3v) is 6.79. The topological polar surface area (TPSA) is 19.5 Å². The summed E-state index contributed by atoms with van der Waals surface area (Å²) in [4.78, 5) is 7.27. The van der Waals surface area contributed by atoms with Gasteiger partial charge in [-0.15, -0.1) is 0 Å². The van der Waals surface area contributed by atoms with Crippen LogP contribution in [0.2, 0.25) is 0 Å². The molecule has 0 fully saturated rings. The van der Waals surface area contributed by atoms with E-state index in [0.29, 0.717) is 12.5 Å². The molecule has 1 aromatic heterocycles. The van der Waals surface area contributed by atoms with E-state index in [1.165, 1.54) is 33.4 Å². The highest BCUT2D eigenvalue weighted by Crippen LogP contribution is 2.30. The molecule has 4 rings (SSSR count). The summed E-state index contributed by atoms with van der Waals surface area (Å²) in [5.41, 5.74) is 7.53. The molecule has 0 saturated heterocycles. The van der Waals surface area contributed by atoms with Crippen molar-refractivity contribution in [2.24, 2.45) is 10.9 Å². The zero-order valence-electron chi connectivity index (χ0n) is 20.9. The summed E-state index contributed by atoms with van der Waals surface area (Å²) >= 11 is 0. The van der Waals surface area contributed by atoms with E-state index in [1.807, 2.05) is 6.21 Å². The number of hydrogen-bond donors (Lipinski definition) is 0. The Balaban J connectivity index is 1.59. The predicted molar refractivity (Wildman–Crippen MR) is 146 cm³/mol. The summed E-state index contributed by atoms with van der Waals surface area (Å²) in [6.07, 6.45) is 12.1. The maximum Gasteiger partial charge on any atom is 0.223 e. The highest BCUT2D eigenvalue weighted by atomic mass is 15.1. The molecule has 0 saturated carbocycles. The smallest absolute Gasteiger partial charge is 0.223 e. The summed E-state index contributed by atoms with van der Waals surface area (Å²) < 4.78 is 2.33. The molecular weight excluding hydrogens is 414 g/mol. The molecule has 2 aromatic carbocycles. The number of aromatic nitrogens is 1. The molecule has 0 radical (unpaired) electrons. The molecule has 1 atom stereocenters. The predicted octanol–water partition coefficient (Wildman–Crippen LogP) is 6.98. The molecule has 3 nitrogen and oxygen atoms in total. The van der Waals surface area contributed by atoms with Crippen LogP contribution in [0.25, 0.3) is 17.0 Å². The van der Waals surface area contributed by atoms with Gasteiger partial charge >= 0.3 is 0 Å². The largest absolute Gasteiger partial charge is 0.341 e. The Morgan fingerprint density at radius 2 is 1.76 bits per heavy atom. The first-order valence-corrected chi connectivity index (χ1v) is 12.5. The van der Waals surface area contributed by atoms with Crippen molar-refractivity contribution in [1.29, 1.82) is 0 Å². The SMILES string of the molecule is CCC(C)C(=CC=C1C=Cc2ccccc2N1CC)CN=Cc1ccc2ccccc2[n+]1CC. The van der Waals surface area contributed by atoms with Gasteiger partial charge in [-0.05, 0) is 67.7 Å². The van der Waals surface area contributed by atoms with E-state index in [1.54, 1.807) is 0 Å². The molecule has 0 amide bonds. The number of likely N-dealkylation sites (N-methyl/N-ethyl adjacent to an activating group) is 1. The average Bonchev–Trinajstić information content (AvgIpc) is 2.89. The second-order valence-corrected chi connectivity index (χ2v) is 8.81. The second-order valence-electron chi connectivity index (χ2n) is 8.81. The van der Waals surface area contributed by atoms with E-state index in [2.05, 4.69) is 122 Å². The standard InChI is InChI=1S/C31H36N3/c1-5-24(4)27(18-20-28-19-16-25-12-8-10-14-30(25)33(28)6-2)22-32-23-29-21-17-26-13-9-11-15-31(26)34(29)7-3/h8-21,23-24H,5-7,22H2,1-4H3/q+1. The van der Waals surface area contributed by atoms with E-state index < -0.39 is 0 Å². The summed E-state index contributed by atoms with van der Waals surface area (Å²) in [6.45, 7) is 11.5. The van der Waals surface area contributed by atoms with Crippen molar-refractivity contribution in [2.75, 3.05) is 18.0 Å². The summed E-state index contributed by atoms with van der Waals surface area (Å²) in [5, 5.41) is 1.26. The van der Waals surface area contributed by atoms with Crippen LogP contribution in [0.1, 0.15) is 45.4 Å². The van der Waals surface area contributed by atoms with E-state index >= 15 is 0 Å².